The molecule has 0 aliphatic carbocycles. The number of sulfonamides is 2. The van der Waals surface area contributed by atoms with Crippen LogP contribution in [0.4, 0.5) is 26.3 Å². The third kappa shape index (κ3) is 4.52. The number of hydrogen-bond donors (Lipinski definition) is 0. The van der Waals surface area contributed by atoms with Gasteiger partial charge in [0.1, 0.15) is 5.75 Å². The van der Waals surface area contributed by atoms with Crippen LogP contribution in [0.2, 0.25) is 0 Å². The van der Waals surface area contributed by atoms with Gasteiger partial charge in [-0.05, 0) is 41.6 Å². The Kier molecular flexibility index (Phi) is 6.72. The zero-order valence-electron chi connectivity index (χ0n) is 14.9. The fourth-order valence-electron chi connectivity index (χ4n) is 2.08. The molecule has 164 valence electrons. The summed E-state index contributed by atoms with van der Waals surface area (Å²) in [7, 11) is -17.8. The second-order valence-corrected chi connectivity index (χ2v) is 13.6. The van der Waals surface area contributed by atoms with E-state index in [1.54, 1.807) is 0 Å². The van der Waals surface area contributed by atoms with Crippen molar-refractivity contribution in [2.45, 2.75) is 35.9 Å². The van der Waals surface area contributed by atoms with E-state index in [1.807, 2.05) is 0 Å². The first-order valence-electron chi connectivity index (χ1n) is 7.20. The van der Waals surface area contributed by atoms with E-state index in [4.69, 9.17) is 4.74 Å². The van der Waals surface area contributed by atoms with Gasteiger partial charge in [0.25, 0.3) is 0 Å². The van der Waals surface area contributed by atoms with E-state index in [2.05, 4.69) is 0 Å². The maximum atomic E-state index is 13.1. The SMILES string of the molecule is CC(C)Oc1ccccc1S(C)(C)N(S(=O)(=O)C(F)(F)F)S(=O)(=O)C(F)(F)F. The highest BCUT2D eigenvalue weighted by Crippen LogP contribution is 2.61. The molecular weight excluding hydrogens is 460 g/mol. The van der Waals surface area contributed by atoms with Crippen LogP contribution in [0.25, 0.3) is 0 Å². The summed E-state index contributed by atoms with van der Waals surface area (Å²) in [6, 6.07) is 4.74. The number of hydrogen-bond acceptors (Lipinski definition) is 5. The second kappa shape index (κ2) is 7.57. The first kappa shape index (κ1) is 24.8. The van der Waals surface area contributed by atoms with Gasteiger partial charge in [-0.25, -0.2) is 16.8 Å². The summed E-state index contributed by atoms with van der Waals surface area (Å²) in [5.41, 5.74) is -12.6. The zero-order chi connectivity index (χ0) is 22.3. The van der Waals surface area contributed by atoms with Gasteiger partial charge in [-0.3, -0.25) is 0 Å². The Balaban J connectivity index is 3.92. The number of nitrogens with zero attached hydrogens (tertiary/aromatic N) is 1. The summed E-state index contributed by atoms with van der Waals surface area (Å²) in [4.78, 5) is -0.427. The molecule has 0 N–H and O–H groups in total. The number of para-hydroxylation sites is 1. The number of ether oxygens (including phenoxy) is 1. The molecular formula is C13H17F6NO5S3. The molecule has 0 radical (unpaired) electrons. The summed E-state index contributed by atoms with van der Waals surface area (Å²) >= 11 is 0. The topological polar surface area (TPSA) is 80.8 Å². The molecule has 0 aliphatic rings. The van der Waals surface area contributed by atoms with Crippen molar-refractivity contribution < 1.29 is 47.9 Å². The van der Waals surface area contributed by atoms with Gasteiger partial charge in [-0.1, -0.05) is 12.1 Å². The van der Waals surface area contributed by atoms with Gasteiger partial charge >= 0.3 is 31.1 Å². The van der Waals surface area contributed by atoms with E-state index in [0.29, 0.717) is 12.5 Å². The molecule has 6 nitrogen and oxygen atoms in total. The van der Waals surface area contributed by atoms with E-state index in [-0.39, 0.29) is 5.75 Å². The van der Waals surface area contributed by atoms with Crippen LogP contribution in [0.3, 0.4) is 0 Å². The monoisotopic (exact) mass is 477 g/mol. The molecule has 0 aromatic heterocycles. The largest absolute Gasteiger partial charge is 0.513 e. The molecule has 0 spiro atoms. The van der Waals surface area contributed by atoms with E-state index in [0.717, 1.165) is 6.07 Å². The quantitative estimate of drug-likeness (QED) is 0.582. The maximum absolute atomic E-state index is 13.1. The number of rotatable bonds is 6. The summed E-state index contributed by atoms with van der Waals surface area (Å²) in [5.74, 6) is -0.239. The summed E-state index contributed by atoms with van der Waals surface area (Å²) in [5, 5.41) is 0. The number of benzene rings is 1. The van der Waals surface area contributed by atoms with E-state index in [1.165, 1.54) is 32.0 Å². The predicted octanol–water partition coefficient (Wildman–Crippen LogP) is 3.81. The first-order valence-corrected chi connectivity index (χ1v) is 12.5. The maximum Gasteiger partial charge on any atom is 0.513 e. The average Bonchev–Trinajstić information content (AvgIpc) is 2.43. The van der Waals surface area contributed by atoms with Gasteiger partial charge in [0.05, 0.1) is 6.10 Å². The summed E-state index contributed by atoms with van der Waals surface area (Å²) in [6.07, 6.45) is 0.785. The van der Waals surface area contributed by atoms with Gasteiger partial charge in [0.15, 0.2) is 0 Å². The van der Waals surface area contributed by atoms with Gasteiger partial charge in [0.2, 0.25) is 0 Å². The van der Waals surface area contributed by atoms with Gasteiger partial charge < -0.3 is 4.74 Å². The van der Waals surface area contributed by atoms with Crippen LogP contribution in [0.1, 0.15) is 13.8 Å². The molecule has 0 aliphatic heterocycles. The van der Waals surface area contributed by atoms with Crippen molar-refractivity contribution in [2.75, 3.05) is 12.5 Å². The molecule has 28 heavy (non-hydrogen) atoms. The third-order valence-electron chi connectivity index (χ3n) is 3.10. The molecule has 0 fully saturated rings. The standard InChI is InChI=1S/C13H17F6NO5S3/c1-9(2)25-10-7-5-6-8-11(10)26(3,4)20(27(21,22)12(14,15)16)28(23,24)13(17,18)19/h5-9H,1-4H3. The van der Waals surface area contributed by atoms with Crippen molar-refractivity contribution in [1.29, 1.82) is 0 Å². The lowest BCUT2D eigenvalue weighted by Crippen LogP contribution is -2.49. The summed E-state index contributed by atoms with van der Waals surface area (Å²) in [6.45, 7) is 3.02. The van der Waals surface area contributed by atoms with E-state index < -0.39 is 55.4 Å². The van der Waals surface area contributed by atoms with Crippen molar-refractivity contribution in [1.82, 2.24) is 3.12 Å². The van der Waals surface area contributed by atoms with Gasteiger partial charge in [-0.15, -0.1) is 10.2 Å². The Morgan fingerprint density at radius 2 is 1.25 bits per heavy atom. The molecule has 1 aromatic carbocycles. The molecule has 0 bridgehead atoms. The van der Waals surface area contributed by atoms with Crippen LogP contribution in [-0.4, -0.2) is 49.6 Å². The van der Waals surface area contributed by atoms with Crippen LogP contribution >= 0.6 is 10.2 Å². The van der Waals surface area contributed by atoms with Gasteiger partial charge in [-0.2, -0.15) is 26.3 Å². The molecule has 0 unspecified atom stereocenters. The Hall–Kier alpha value is -1.19. The normalized spacial score (nSPS) is 15.1. The Labute approximate surface area is 160 Å². The lowest BCUT2D eigenvalue weighted by Gasteiger charge is -2.41. The average molecular weight is 477 g/mol. The molecule has 1 rings (SSSR count). The van der Waals surface area contributed by atoms with Crippen molar-refractivity contribution >= 4 is 30.3 Å². The van der Waals surface area contributed by atoms with Crippen LogP contribution in [-0.2, 0) is 20.0 Å². The fourth-order valence-corrected chi connectivity index (χ4v) is 10.1. The molecule has 0 saturated carbocycles. The highest BCUT2D eigenvalue weighted by atomic mass is 32.4. The molecule has 15 heteroatoms. The third-order valence-corrected chi connectivity index (χ3v) is 11.8. The minimum Gasteiger partial charge on any atom is -0.490 e. The first-order chi connectivity index (χ1) is 12.3. The minimum atomic E-state index is -6.92. The van der Waals surface area contributed by atoms with E-state index >= 15 is 0 Å². The summed E-state index contributed by atoms with van der Waals surface area (Å²) < 4.78 is 130. The van der Waals surface area contributed by atoms with Crippen LogP contribution < -0.4 is 4.74 Å². The molecule has 0 saturated heterocycles. The van der Waals surface area contributed by atoms with Crippen LogP contribution in [0, 0.1) is 0 Å². The van der Waals surface area contributed by atoms with Gasteiger partial charge in [0, 0.05) is 4.90 Å². The Morgan fingerprint density at radius 1 is 0.857 bits per heavy atom. The zero-order valence-corrected chi connectivity index (χ0v) is 17.3. The lowest BCUT2D eigenvalue weighted by atomic mass is 10.3. The Morgan fingerprint density at radius 3 is 1.61 bits per heavy atom. The highest BCUT2D eigenvalue weighted by Gasteiger charge is 2.65. The highest BCUT2D eigenvalue weighted by molar-refractivity contribution is 8.40. The fraction of sp³-hybridized carbons (Fsp3) is 0.538. The second-order valence-electron chi connectivity index (χ2n) is 5.95. The molecule has 0 amide bonds. The lowest BCUT2D eigenvalue weighted by molar-refractivity contribution is -0.0505. The van der Waals surface area contributed by atoms with Crippen LogP contribution in [0.15, 0.2) is 29.2 Å². The Bertz CT molecular complexity index is 879. The van der Waals surface area contributed by atoms with Crippen molar-refractivity contribution in [3.63, 3.8) is 0 Å². The van der Waals surface area contributed by atoms with Crippen molar-refractivity contribution in [3.05, 3.63) is 24.3 Å². The predicted molar refractivity (Wildman–Crippen MR) is 91.7 cm³/mol. The number of halogens is 6. The van der Waals surface area contributed by atoms with Crippen LogP contribution in [0.5, 0.6) is 5.75 Å². The van der Waals surface area contributed by atoms with E-state index in [9.17, 15) is 43.2 Å². The molecule has 0 heterocycles. The van der Waals surface area contributed by atoms with Crippen molar-refractivity contribution in [2.24, 2.45) is 0 Å². The van der Waals surface area contributed by atoms with Crippen molar-refractivity contribution in [3.8, 4) is 5.75 Å². The number of alkyl halides is 6. The molecule has 0 atom stereocenters. The smallest absolute Gasteiger partial charge is 0.490 e. The molecule has 1 aromatic rings. The minimum absolute atomic E-state index is 0.239.